The average molecular weight is 309 g/mol. The van der Waals surface area contributed by atoms with Crippen molar-refractivity contribution in [3.8, 4) is 0 Å². The summed E-state index contributed by atoms with van der Waals surface area (Å²) in [5.41, 5.74) is 6.04. The fourth-order valence-corrected chi connectivity index (χ4v) is 2.58. The molecule has 0 spiro atoms. The number of aromatic nitrogens is 3. The topological polar surface area (TPSA) is 106 Å². The number of nitrogens with one attached hydrogen (secondary N) is 2. The fourth-order valence-electron chi connectivity index (χ4n) is 1.97. The SMILES string of the molecule is CCCCn1c(N)c(NCc2csc(C)n2)c(=O)[nH]c1=O. The molecule has 0 aliphatic heterocycles. The van der Waals surface area contributed by atoms with Crippen molar-refractivity contribution >= 4 is 22.8 Å². The van der Waals surface area contributed by atoms with Crippen molar-refractivity contribution in [2.45, 2.75) is 39.8 Å². The van der Waals surface area contributed by atoms with E-state index in [2.05, 4.69) is 15.3 Å². The summed E-state index contributed by atoms with van der Waals surface area (Å²) < 4.78 is 1.39. The Hall–Kier alpha value is -2.09. The maximum absolute atomic E-state index is 11.9. The van der Waals surface area contributed by atoms with Gasteiger partial charge in [-0.1, -0.05) is 13.3 Å². The molecule has 21 heavy (non-hydrogen) atoms. The lowest BCUT2D eigenvalue weighted by Gasteiger charge is -2.13. The van der Waals surface area contributed by atoms with Crippen LogP contribution in [0.5, 0.6) is 0 Å². The zero-order valence-corrected chi connectivity index (χ0v) is 12.9. The molecular weight excluding hydrogens is 290 g/mol. The van der Waals surface area contributed by atoms with Crippen molar-refractivity contribution in [1.82, 2.24) is 14.5 Å². The molecule has 0 radical (unpaired) electrons. The number of aromatic amines is 1. The van der Waals surface area contributed by atoms with Gasteiger partial charge in [0.2, 0.25) is 0 Å². The predicted molar refractivity (Wildman–Crippen MR) is 84.8 cm³/mol. The van der Waals surface area contributed by atoms with Gasteiger partial charge in [-0.25, -0.2) is 9.78 Å². The summed E-state index contributed by atoms with van der Waals surface area (Å²) in [7, 11) is 0. The molecule has 0 amide bonds. The molecule has 0 aliphatic carbocycles. The first-order valence-corrected chi connectivity index (χ1v) is 7.68. The van der Waals surface area contributed by atoms with E-state index in [4.69, 9.17) is 5.73 Å². The molecule has 2 rings (SSSR count). The lowest BCUT2D eigenvalue weighted by atomic mass is 10.3. The molecule has 0 fully saturated rings. The Kier molecular flexibility index (Phi) is 4.79. The summed E-state index contributed by atoms with van der Waals surface area (Å²) in [5.74, 6) is 0.171. The van der Waals surface area contributed by atoms with Crippen LogP contribution in [0.3, 0.4) is 0 Å². The second-order valence-corrected chi connectivity index (χ2v) is 5.80. The molecule has 7 nitrogen and oxygen atoms in total. The van der Waals surface area contributed by atoms with Crippen LogP contribution in [0.15, 0.2) is 15.0 Å². The molecule has 2 aromatic rings. The smallest absolute Gasteiger partial charge is 0.330 e. The van der Waals surface area contributed by atoms with Crippen LogP contribution >= 0.6 is 11.3 Å². The zero-order chi connectivity index (χ0) is 15.4. The number of unbranched alkanes of at least 4 members (excludes halogenated alkanes) is 1. The van der Waals surface area contributed by atoms with Gasteiger partial charge < -0.3 is 11.1 Å². The lowest BCUT2D eigenvalue weighted by molar-refractivity contribution is 0.605. The van der Waals surface area contributed by atoms with Crippen molar-refractivity contribution < 1.29 is 0 Å². The number of nitrogen functional groups attached to an aromatic ring is 1. The standard InChI is InChI=1S/C13H19N5O2S/c1-3-4-5-18-11(14)10(12(19)17-13(18)20)15-6-9-7-21-8(2)16-9/h7,15H,3-6,14H2,1-2H3,(H,17,19,20). The third-order valence-electron chi connectivity index (χ3n) is 3.09. The summed E-state index contributed by atoms with van der Waals surface area (Å²) in [6, 6.07) is 0. The number of rotatable bonds is 6. The minimum Gasteiger partial charge on any atom is -0.383 e. The van der Waals surface area contributed by atoms with E-state index < -0.39 is 11.2 Å². The molecule has 0 atom stereocenters. The van der Waals surface area contributed by atoms with Gasteiger partial charge in [-0.15, -0.1) is 11.3 Å². The summed E-state index contributed by atoms with van der Waals surface area (Å²) in [5, 5.41) is 5.85. The van der Waals surface area contributed by atoms with Crippen LogP contribution in [-0.2, 0) is 13.1 Å². The molecule has 0 saturated carbocycles. The van der Waals surface area contributed by atoms with Crippen LogP contribution in [0.1, 0.15) is 30.5 Å². The van der Waals surface area contributed by atoms with E-state index in [1.165, 1.54) is 4.57 Å². The van der Waals surface area contributed by atoms with Gasteiger partial charge in [-0.2, -0.15) is 0 Å². The normalized spacial score (nSPS) is 10.8. The van der Waals surface area contributed by atoms with Crippen molar-refractivity contribution in [1.29, 1.82) is 0 Å². The van der Waals surface area contributed by atoms with E-state index in [9.17, 15) is 9.59 Å². The summed E-state index contributed by atoms with van der Waals surface area (Å²) in [4.78, 5) is 30.3. The van der Waals surface area contributed by atoms with E-state index in [0.29, 0.717) is 13.1 Å². The highest BCUT2D eigenvalue weighted by Crippen LogP contribution is 2.14. The Labute approximate surface area is 125 Å². The minimum absolute atomic E-state index is 0.171. The van der Waals surface area contributed by atoms with E-state index >= 15 is 0 Å². The number of hydrogen-bond donors (Lipinski definition) is 3. The number of anilines is 2. The van der Waals surface area contributed by atoms with Crippen LogP contribution in [0, 0.1) is 6.92 Å². The first-order chi connectivity index (χ1) is 10.0. The lowest BCUT2D eigenvalue weighted by Crippen LogP contribution is -2.34. The number of thiazole rings is 1. The Morgan fingerprint density at radius 2 is 2.24 bits per heavy atom. The van der Waals surface area contributed by atoms with Crippen LogP contribution in [0.25, 0.3) is 0 Å². The van der Waals surface area contributed by atoms with Crippen molar-refractivity contribution in [2.75, 3.05) is 11.1 Å². The fraction of sp³-hybridized carbons (Fsp3) is 0.462. The van der Waals surface area contributed by atoms with Crippen LogP contribution in [0.4, 0.5) is 11.5 Å². The van der Waals surface area contributed by atoms with Gasteiger partial charge in [0.15, 0.2) is 0 Å². The number of hydrogen-bond acceptors (Lipinski definition) is 6. The van der Waals surface area contributed by atoms with Crippen molar-refractivity contribution in [2.24, 2.45) is 0 Å². The van der Waals surface area contributed by atoms with Gasteiger partial charge in [-0.3, -0.25) is 14.3 Å². The van der Waals surface area contributed by atoms with Crippen molar-refractivity contribution in [3.05, 3.63) is 36.9 Å². The van der Waals surface area contributed by atoms with E-state index in [0.717, 1.165) is 23.5 Å². The number of aryl methyl sites for hydroxylation is 1. The molecule has 0 aliphatic rings. The van der Waals surface area contributed by atoms with Crippen molar-refractivity contribution in [3.63, 3.8) is 0 Å². The third kappa shape index (κ3) is 3.52. The van der Waals surface area contributed by atoms with Gasteiger partial charge in [0.05, 0.1) is 17.2 Å². The minimum atomic E-state index is -0.503. The summed E-state index contributed by atoms with van der Waals surface area (Å²) in [6.45, 7) is 4.82. The first-order valence-electron chi connectivity index (χ1n) is 6.80. The number of nitrogens with two attached hydrogens (primary N) is 1. The second kappa shape index (κ2) is 6.57. The molecule has 8 heteroatoms. The maximum atomic E-state index is 11.9. The number of nitrogens with zero attached hydrogens (tertiary/aromatic N) is 2. The highest BCUT2D eigenvalue weighted by molar-refractivity contribution is 7.09. The Morgan fingerprint density at radius 3 is 2.86 bits per heavy atom. The van der Waals surface area contributed by atoms with Gasteiger partial charge >= 0.3 is 5.69 Å². The van der Waals surface area contributed by atoms with Crippen LogP contribution in [0.2, 0.25) is 0 Å². The molecule has 0 saturated heterocycles. The molecular formula is C13H19N5O2S. The van der Waals surface area contributed by atoms with E-state index in [1.54, 1.807) is 11.3 Å². The number of H-pyrrole nitrogens is 1. The molecule has 114 valence electrons. The Balaban J connectivity index is 2.26. The quantitative estimate of drug-likeness (QED) is 0.745. The molecule has 4 N–H and O–H groups in total. The molecule has 0 unspecified atom stereocenters. The zero-order valence-electron chi connectivity index (χ0n) is 12.1. The average Bonchev–Trinajstić information content (AvgIpc) is 2.84. The summed E-state index contributed by atoms with van der Waals surface area (Å²) in [6.07, 6.45) is 1.76. The highest BCUT2D eigenvalue weighted by Gasteiger charge is 2.12. The van der Waals surface area contributed by atoms with Gasteiger partial charge in [0.1, 0.15) is 11.5 Å². The van der Waals surface area contributed by atoms with Gasteiger partial charge in [0, 0.05) is 11.9 Å². The molecule has 2 aromatic heterocycles. The van der Waals surface area contributed by atoms with Gasteiger partial charge in [0.25, 0.3) is 5.56 Å². The van der Waals surface area contributed by atoms with E-state index in [1.807, 2.05) is 19.2 Å². The molecule has 0 aromatic carbocycles. The van der Waals surface area contributed by atoms with Crippen LogP contribution < -0.4 is 22.3 Å². The van der Waals surface area contributed by atoms with Gasteiger partial charge in [-0.05, 0) is 13.3 Å². The molecule has 0 bridgehead atoms. The predicted octanol–water partition coefficient (Wildman–Crippen LogP) is 1.30. The highest BCUT2D eigenvalue weighted by atomic mass is 32.1. The first kappa shape index (κ1) is 15.3. The Morgan fingerprint density at radius 1 is 1.48 bits per heavy atom. The molecule has 2 heterocycles. The maximum Gasteiger partial charge on any atom is 0.330 e. The summed E-state index contributed by atoms with van der Waals surface area (Å²) >= 11 is 1.54. The van der Waals surface area contributed by atoms with E-state index in [-0.39, 0.29) is 11.5 Å². The largest absolute Gasteiger partial charge is 0.383 e. The second-order valence-electron chi connectivity index (χ2n) is 4.74. The Bertz CT molecular complexity index is 731. The van der Waals surface area contributed by atoms with Crippen LogP contribution in [-0.4, -0.2) is 14.5 Å². The third-order valence-corrected chi connectivity index (χ3v) is 3.91. The monoisotopic (exact) mass is 309 g/mol.